The molecule has 3 rings (SSSR count). The number of aromatic nitrogens is 2. The van der Waals surface area contributed by atoms with Gasteiger partial charge in [-0.15, -0.1) is 11.3 Å². The highest BCUT2D eigenvalue weighted by Crippen LogP contribution is 2.35. The Morgan fingerprint density at radius 2 is 1.97 bits per heavy atom. The van der Waals surface area contributed by atoms with Gasteiger partial charge in [-0.05, 0) is 30.2 Å². The Balaban J connectivity index is 1.91. The second kappa shape index (κ2) is 8.52. The van der Waals surface area contributed by atoms with Crippen molar-refractivity contribution in [1.82, 2.24) is 15.3 Å². The summed E-state index contributed by atoms with van der Waals surface area (Å²) in [5, 5.41) is 3.01. The molecule has 1 aromatic carbocycles. The number of benzene rings is 1. The van der Waals surface area contributed by atoms with Crippen LogP contribution in [-0.4, -0.2) is 30.1 Å². The summed E-state index contributed by atoms with van der Waals surface area (Å²) in [5.41, 5.74) is -0.827. The van der Waals surface area contributed by atoms with Crippen molar-refractivity contribution in [2.45, 2.75) is 26.3 Å². The number of methoxy groups -OCH3 is 2. The van der Waals surface area contributed by atoms with E-state index in [1.807, 2.05) is 0 Å². The van der Waals surface area contributed by atoms with Gasteiger partial charge >= 0.3 is 6.18 Å². The SMILES string of the molecule is COCc1nc(OC)c2c(C)c(C(=O)NCc3ccc(F)cc3C(F)(F)F)sc2n1. The average Bonchev–Trinajstić information content (AvgIpc) is 3.02. The van der Waals surface area contributed by atoms with Crippen LogP contribution in [0, 0.1) is 12.7 Å². The molecule has 0 bridgehead atoms. The molecule has 160 valence electrons. The number of carbonyl (C=O) groups is 1. The summed E-state index contributed by atoms with van der Waals surface area (Å²) >= 11 is 1.07. The van der Waals surface area contributed by atoms with Gasteiger partial charge in [-0.2, -0.15) is 18.2 Å². The van der Waals surface area contributed by atoms with Gasteiger partial charge in [-0.1, -0.05) is 6.07 Å². The smallest absolute Gasteiger partial charge is 0.416 e. The first-order chi connectivity index (χ1) is 14.2. The molecule has 30 heavy (non-hydrogen) atoms. The molecule has 0 atom stereocenters. The van der Waals surface area contributed by atoms with E-state index in [2.05, 4.69) is 15.3 Å². The van der Waals surface area contributed by atoms with Crippen molar-refractivity contribution in [3.8, 4) is 5.88 Å². The fraction of sp³-hybridized carbons (Fsp3) is 0.316. The van der Waals surface area contributed by atoms with Crippen LogP contribution in [0.4, 0.5) is 17.6 Å². The summed E-state index contributed by atoms with van der Waals surface area (Å²) in [6.07, 6.45) is -4.74. The van der Waals surface area contributed by atoms with E-state index < -0.39 is 30.0 Å². The number of hydrogen-bond donors (Lipinski definition) is 1. The van der Waals surface area contributed by atoms with Crippen LogP contribution in [0.1, 0.15) is 32.2 Å². The Kier molecular flexibility index (Phi) is 6.22. The predicted molar refractivity (Wildman–Crippen MR) is 102 cm³/mol. The Hall–Kier alpha value is -2.79. The van der Waals surface area contributed by atoms with E-state index in [0.29, 0.717) is 27.7 Å². The monoisotopic (exact) mass is 443 g/mol. The zero-order valence-corrected chi connectivity index (χ0v) is 17.0. The third-order valence-electron chi connectivity index (χ3n) is 4.29. The quantitative estimate of drug-likeness (QED) is 0.577. The first kappa shape index (κ1) is 21.9. The number of nitrogens with one attached hydrogen (secondary N) is 1. The molecule has 0 unspecified atom stereocenters. The second-order valence-corrected chi connectivity index (χ2v) is 7.30. The minimum absolute atomic E-state index is 0.148. The van der Waals surface area contributed by atoms with Crippen LogP contribution in [-0.2, 0) is 24.1 Å². The first-order valence-electron chi connectivity index (χ1n) is 8.62. The molecule has 6 nitrogen and oxygen atoms in total. The lowest BCUT2D eigenvalue weighted by Crippen LogP contribution is -2.24. The number of thiophene rings is 1. The number of fused-ring (bicyclic) bond motifs is 1. The standard InChI is InChI=1S/C19H17F4N3O3S/c1-9-14-17(29-3)25-13(8-28-2)26-18(14)30-15(9)16(27)24-7-10-4-5-11(20)6-12(10)19(21,22)23/h4-6H,7-8H2,1-3H3,(H,24,27). The number of alkyl halides is 3. The first-order valence-corrected chi connectivity index (χ1v) is 9.44. The van der Waals surface area contributed by atoms with E-state index in [1.54, 1.807) is 6.92 Å². The number of aryl methyl sites for hydroxylation is 1. The van der Waals surface area contributed by atoms with E-state index in [9.17, 15) is 22.4 Å². The average molecular weight is 443 g/mol. The molecule has 0 aliphatic heterocycles. The number of ether oxygens (including phenoxy) is 2. The molecule has 3 aromatic rings. The second-order valence-electron chi connectivity index (χ2n) is 6.30. The van der Waals surface area contributed by atoms with Gasteiger partial charge in [0.1, 0.15) is 17.3 Å². The largest absolute Gasteiger partial charge is 0.480 e. The molecule has 0 aliphatic carbocycles. The van der Waals surface area contributed by atoms with Crippen molar-refractivity contribution in [2.75, 3.05) is 14.2 Å². The van der Waals surface area contributed by atoms with Crippen LogP contribution in [0.2, 0.25) is 0 Å². The van der Waals surface area contributed by atoms with Crippen molar-refractivity contribution in [1.29, 1.82) is 0 Å². The lowest BCUT2D eigenvalue weighted by atomic mass is 10.1. The van der Waals surface area contributed by atoms with Gasteiger partial charge in [0.2, 0.25) is 5.88 Å². The molecular formula is C19H17F4N3O3S. The summed E-state index contributed by atoms with van der Waals surface area (Å²) in [7, 11) is 2.92. The Morgan fingerprint density at radius 1 is 1.23 bits per heavy atom. The van der Waals surface area contributed by atoms with E-state index in [4.69, 9.17) is 9.47 Å². The maximum Gasteiger partial charge on any atom is 0.416 e. The maximum absolute atomic E-state index is 13.3. The number of amides is 1. The summed E-state index contributed by atoms with van der Waals surface area (Å²) in [6.45, 7) is 1.41. The van der Waals surface area contributed by atoms with Gasteiger partial charge in [0.25, 0.3) is 5.91 Å². The van der Waals surface area contributed by atoms with Crippen molar-refractivity contribution < 1.29 is 31.8 Å². The van der Waals surface area contributed by atoms with Crippen LogP contribution >= 0.6 is 11.3 Å². The van der Waals surface area contributed by atoms with Gasteiger partial charge in [0.15, 0.2) is 5.82 Å². The molecule has 1 N–H and O–H groups in total. The van der Waals surface area contributed by atoms with E-state index in [-0.39, 0.29) is 22.9 Å². The van der Waals surface area contributed by atoms with Gasteiger partial charge in [0, 0.05) is 13.7 Å². The van der Waals surface area contributed by atoms with E-state index in [1.165, 1.54) is 14.2 Å². The minimum Gasteiger partial charge on any atom is -0.480 e. The molecular weight excluding hydrogens is 426 g/mol. The van der Waals surface area contributed by atoms with E-state index in [0.717, 1.165) is 23.5 Å². The Bertz CT molecular complexity index is 1100. The number of carbonyl (C=O) groups excluding carboxylic acids is 1. The summed E-state index contributed by atoms with van der Waals surface area (Å²) in [5.74, 6) is -0.937. The third-order valence-corrected chi connectivity index (χ3v) is 5.48. The molecule has 11 heteroatoms. The van der Waals surface area contributed by atoms with Crippen molar-refractivity contribution in [3.63, 3.8) is 0 Å². The minimum atomic E-state index is -4.74. The zero-order valence-electron chi connectivity index (χ0n) is 16.2. The Labute approximate surface area is 172 Å². The van der Waals surface area contributed by atoms with Crippen LogP contribution in [0.25, 0.3) is 10.2 Å². The number of halogens is 4. The lowest BCUT2D eigenvalue weighted by Gasteiger charge is -2.13. The van der Waals surface area contributed by atoms with Crippen molar-refractivity contribution >= 4 is 27.5 Å². The van der Waals surface area contributed by atoms with Crippen molar-refractivity contribution in [3.05, 3.63) is 51.4 Å². The fourth-order valence-electron chi connectivity index (χ4n) is 2.92. The molecule has 2 aromatic heterocycles. The highest BCUT2D eigenvalue weighted by atomic mass is 32.1. The molecule has 0 saturated carbocycles. The van der Waals surface area contributed by atoms with Crippen LogP contribution in [0.3, 0.4) is 0 Å². The summed E-state index contributed by atoms with van der Waals surface area (Å²) in [6, 6.07) is 2.32. The molecule has 1 amide bonds. The molecule has 0 fully saturated rings. The van der Waals surface area contributed by atoms with Gasteiger partial charge in [-0.3, -0.25) is 4.79 Å². The van der Waals surface area contributed by atoms with Crippen LogP contribution in [0.15, 0.2) is 18.2 Å². The van der Waals surface area contributed by atoms with Crippen LogP contribution < -0.4 is 10.1 Å². The predicted octanol–water partition coefficient (Wildman–Crippen LogP) is 4.24. The highest BCUT2D eigenvalue weighted by Gasteiger charge is 2.34. The fourth-order valence-corrected chi connectivity index (χ4v) is 4.03. The van der Waals surface area contributed by atoms with Gasteiger partial charge in [0.05, 0.1) is 22.9 Å². The molecule has 0 aliphatic rings. The topological polar surface area (TPSA) is 73.3 Å². The molecule has 2 heterocycles. The summed E-state index contributed by atoms with van der Waals surface area (Å²) in [4.78, 5) is 22.0. The normalized spacial score (nSPS) is 11.7. The lowest BCUT2D eigenvalue weighted by molar-refractivity contribution is -0.138. The molecule has 0 spiro atoms. The van der Waals surface area contributed by atoms with Crippen LogP contribution in [0.5, 0.6) is 5.88 Å². The zero-order chi connectivity index (χ0) is 22.1. The number of nitrogens with zero attached hydrogens (tertiary/aromatic N) is 2. The summed E-state index contributed by atoms with van der Waals surface area (Å²) < 4.78 is 63.0. The third kappa shape index (κ3) is 4.36. The van der Waals surface area contributed by atoms with E-state index >= 15 is 0 Å². The molecule has 0 radical (unpaired) electrons. The van der Waals surface area contributed by atoms with Gasteiger partial charge < -0.3 is 14.8 Å². The molecule has 0 saturated heterocycles. The Morgan fingerprint density at radius 3 is 2.60 bits per heavy atom. The van der Waals surface area contributed by atoms with Crippen molar-refractivity contribution in [2.24, 2.45) is 0 Å². The number of rotatable bonds is 6. The highest BCUT2D eigenvalue weighted by molar-refractivity contribution is 7.20. The maximum atomic E-state index is 13.3. The van der Waals surface area contributed by atoms with Gasteiger partial charge in [-0.25, -0.2) is 9.37 Å². The number of hydrogen-bond acceptors (Lipinski definition) is 6.